The summed E-state index contributed by atoms with van der Waals surface area (Å²) in [6.45, 7) is 0.161. The number of benzene rings is 1. The first-order valence-electron chi connectivity index (χ1n) is 8.32. The third-order valence-electron chi connectivity index (χ3n) is 4.27. The van der Waals surface area contributed by atoms with Crippen molar-refractivity contribution in [2.24, 2.45) is 0 Å². The molecule has 0 spiro atoms. The Balaban J connectivity index is 1.62. The van der Waals surface area contributed by atoms with Crippen LogP contribution in [0.15, 0.2) is 47.5 Å². The van der Waals surface area contributed by atoms with Crippen molar-refractivity contribution in [1.29, 1.82) is 0 Å². The van der Waals surface area contributed by atoms with E-state index in [0.717, 1.165) is 16.5 Å². The molecule has 0 unspecified atom stereocenters. The summed E-state index contributed by atoms with van der Waals surface area (Å²) in [4.78, 5) is 27.2. The molecule has 0 radical (unpaired) electrons. The fraction of sp³-hybridized carbons (Fsp3) is 0.263. The number of para-hydroxylation sites is 1. The molecule has 1 aromatic carbocycles. The van der Waals surface area contributed by atoms with Gasteiger partial charge in [0.1, 0.15) is 6.54 Å². The molecule has 0 aliphatic heterocycles. The van der Waals surface area contributed by atoms with Gasteiger partial charge in [-0.05, 0) is 18.1 Å². The molecule has 136 valence electrons. The van der Waals surface area contributed by atoms with E-state index >= 15 is 0 Å². The van der Waals surface area contributed by atoms with Gasteiger partial charge in [0.15, 0.2) is 5.75 Å². The van der Waals surface area contributed by atoms with Crippen LogP contribution in [0.3, 0.4) is 0 Å². The van der Waals surface area contributed by atoms with Crippen molar-refractivity contribution in [2.45, 2.75) is 19.6 Å². The average molecular weight is 355 g/mol. The van der Waals surface area contributed by atoms with E-state index < -0.39 is 0 Å². The van der Waals surface area contributed by atoms with Crippen molar-refractivity contribution in [2.75, 3.05) is 13.7 Å². The van der Waals surface area contributed by atoms with Crippen LogP contribution in [-0.2, 0) is 24.4 Å². The molecule has 2 heterocycles. The van der Waals surface area contributed by atoms with Gasteiger partial charge in [0, 0.05) is 35.4 Å². The molecule has 0 saturated heterocycles. The van der Waals surface area contributed by atoms with E-state index in [4.69, 9.17) is 4.74 Å². The van der Waals surface area contributed by atoms with Gasteiger partial charge in [-0.25, -0.2) is 0 Å². The number of nitrogens with zero attached hydrogens (tertiary/aromatic N) is 1. The maximum Gasteiger partial charge on any atom is 0.239 e. The summed E-state index contributed by atoms with van der Waals surface area (Å²) in [7, 11) is 1.39. The van der Waals surface area contributed by atoms with Crippen LogP contribution >= 0.6 is 0 Å². The number of ether oxygens (including phenoxy) is 1. The molecule has 0 aliphatic carbocycles. The van der Waals surface area contributed by atoms with E-state index in [9.17, 15) is 14.7 Å². The van der Waals surface area contributed by atoms with E-state index in [0.29, 0.717) is 18.7 Å². The third-order valence-corrected chi connectivity index (χ3v) is 4.27. The van der Waals surface area contributed by atoms with E-state index in [1.807, 2.05) is 30.5 Å². The van der Waals surface area contributed by atoms with Crippen LogP contribution in [0.25, 0.3) is 10.9 Å². The number of methoxy groups -OCH3 is 1. The highest BCUT2D eigenvalue weighted by atomic mass is 16.5. The average Bonchev–Trinajstić information content (AvgIpc) is 3.06. The standard InChI is InChI=1S/C19H21N3O4/c1-26-18-10-22(14(12-23)8-17(18)24)11-19(25)20-7-6-13-9-21-16-5-3-2-4-15(13)16/h2-5,8-10,21,23H,6-7,11-12H2,1H3,(H,20,25). The van der Waals surface area contributed by atoms with Gasteiger partial charge in [-0.1, -0.05) is 18.2 Å². The lowest BCUT2D eigenvalue weighted by Crippen LogP contribution is -2.30. The molecule has 2 aromatic heterocycles. The maximum atomic E-state index is 12.2. The molecule has 7 heteroatoms. The Morgan fingerprint density at radius 1 is 1.35 bits per heavy atom. The van der Waals surface area contributed by atoms with Crippen LogP contribution in [0.1, 0.15) is 11.3 Å². The first-order chi connectivity index (χ1) is 12.6. The largest absolute Gasteiger partial charge is 0.491 e. The normalized spacial score (nSPS) is 10.8. The Kier molecular flexibility index (Phi) is 5.38. The zero-order chi connectivity index (χ0) is 18.5. The number of aromatic amines is 1. The van der Waals surface area contributed by atoms with Crippen molar-refractivity contribution in [3.05, 3.63) is 64.2 Å². The van der Waals surface area contributed by atoms with Gasteiger partial charge < -0.3 is 24.7 Å². The van der Waals surface area contributed by atoms with E-state index in [1.54, 1.807) is 0 Å². The van der Waals surface area contributed by atoms with Gasteiger partial charge in [0.25, 0.3) is 0 Å². The van der Waals surface area contributed by atoms with Crippen LogP contribution in [0, 0.1) is 0 Å². The fourth-order valence-corrected chi connectivity index (χ4v) is 2.92. The predicted molar refractivity (Wildman–Crippen MR) is 98.2 cm³/mol. The second-order valence-corrected chi connectivity index (χ2v) is 5.94. The van der Waals surface area contributed by atoms with Crippen LogP contribution in [-0.4, -0.2) is 34.2 Å². The number of aromatic nitrogens is 2. The van der Waals surface area contributed by atoms with Crippen molar-refractivity contribution in [3.8, 4) is 5.75 Å². The summed E-state index contributed by atoms with van der Waals surface area (Å²) in [6.07, 6.45) is 4.09. The summed E-state index contributed by atoms with van der Waals surface area (Å²) < 4.78 is 6.50. The Hall–Kier alpha value is -3.06. The monoisotopic (exact) mass is 355 g/mol. The number of carbonyl (C=O) groups excluding carboxylic acids is 1. The molecule has 26 heavy (non-hydrogen) atoms. The molecular weight excluding hydrogens is 334 g/mol. The first-order valence-corrected chi connectivity index (χ1v) is 8.32. The topological polar surface area (TPSA) is 96.3 Å². The van der Waals surface area contributed by atoms with Crippen LogP contribution in [0.5, 0.6) is 5.75 Å². The van der Waals surface area contributed by atoms with Crippen molar-refractivity contribution in [3.63, 3.8) is 0 Å². The lowest BCUT2D eigenvalue weighted by molar-refractivity contribution is -0.121. The van der Waals surface area contributed by atoms with Gasteiger partial charge in [0.2, 0.25) is 11.3 Å². The highest BCUT2D eigenvalue weighted by Gasteiger charge is 2.10. The van der Waals surface area contributed by atoms with Gasteiger partial charge in [-0.15, -0.1) is 0 Å². The number of amides is 1. The zero-order valence-corrected chi connectivity index (χ0v) is 14.5. The molecule has 7 nitrogen and oxygen atoms in total. The number of aliphatic hydroxyl groups is 1. The SMILES string of the molecule is COc1cn(CC(=O)NCCc2c[nH]c3ccccc23)c(CO)cc1=O. The summed E-state index contributed by atoms with van der Waals surface area (Å²) in [6, 6.07) is 9.29. The van der Waals surface area contributed by atoms with Crippen molar-refractivity contribution >= 4 is 16.8 Å². The summed E-state index contributed by atoms with van der Waals surface area (Å²) in [5.74, 6) is -0.0703. The van der Waals surface area contributed by atoms with E-state index in [2.05, 4.69) is 10.3 Å². The Labute approximate surface area is 150 Å². The highest BCUT2D eigenvalue weighted by molar-refractivity contribution is 5.83. The van der Waals surface area contributed by atoms with Gasteiger partial charge >= 0.3 is 0 Å². The molecule has 0 aliphatic rings. The van der Waals surface area contributed by atoms with Gasteiger partial charge in [-0.3, -0.25) is 9.59 Å². The van der Waals surface area contributed by atoms with Crippen LogP contribution < -0.4 is 15.5 Å². The zero-order valence-electron chi connectivity index (χ0n) is 14.5. The molecule has 1 amide bonds. The smallest absolute Gasteiger partial charge is 0.239 e. The minimum absolute atomic E-state index is 0.000415. The third kappa shape index (κ3) is 3.78. The number of fused-ring (bicyclic) bond motifs is 1. The summed E-state index contributed by atoms with van der Waals surface area (Å²) >= 11 is 0. The maximum absolute atomic E-state index is 12.2. The number of aliphatic hydroxyl groups excluding tert-OH is 1. The molecule has 0 saturated carbocycles. The lowest BCUT2D eigenvalue weighted by Gasteiger charge is -2.13. The Bertz CT molecular complexity index is 974. The van der Waals surface area contributed by atoms with Crippen molar-refractivity contribution < 1.29 is 14.6 Å². The predicted octanol–water partition coefficient (Wildman–Crippen LogP) is 1.19. The molecule has 3 rings (SSSR count). The summed E-state index contributed by atoms with van der Waals surface area (Å²) in [5, 5.41) is 13.4. The second kappa shape index (κ2) is 7.88. The number of hydrogen-bond acceptors (Lipinski definition) is 4. The Morgan fingerprint density at radius 3 is 2.92 bits per heavy atom. The quantitative estimate of drug-likeness (QED) is 0.593. The first kappa shape index (κ1) is 17.8. The number of carbonyl (C=O) groups is 1. The molecule has 3 N–H and O–H groups in total. The van der Waals surface area contributed by atoms with Crippen molar-refractivity contribution in [1.82, 2.24) is 14.9 Å². The molecule has 0 atom stereocenters. The van der Waals surface area contributed by atoms with E-state index in [1.165, 1.54) is 23.9 Å². The fourth-order valence-electron chi connectivity index (χ4n) is 2.92. The Morgan fingerprint density at radius 2 is 2.15 bits per heavy atom. The minimum Gasteiger partial charge on any atom is -0.491 e. The van der Waals surface area contributed by atoms with E-state index in [-0.39, 0.29) is 30.2 Å². The number of hydrogen-bond donors (Lipinski definition) is 3. The lowest BCUT2D eigenvalue weighted by atomic mass is 10.1. The number of nitrogens with one attached hydrogen (secondary N) is 2. The van der Waals surface area contributed by atoms with Crippen LogP contribution in [0.2, 0.25) is 0 Å². The molecule has 0 bridgehead atoms. The molecule has 0 fully saturated rings. The van der Waals surface area contributed by atoms with Gasteiger partial charge in [0.05, 0.1) is 19.9 Å². The number of rotatable bonds is 7. The molecule has 3 aromatic rings. The molecular formula is C19H21N3O4. The van der Waals surface area contributed by atoms with Gasteiger partial charge in [-0.2, -0.15) is 0 Å². The van der Waals surface area contributed by atoms with Crippen LogP contribution in [0.4, 0.5) is 0 Å². The summed E-state index contributed by atoms with van der Waals surface area (Å²) in [5.41, 5.74) is 2.25. The number of H-pyrrole nitrogens is 1. The number of pyridine rings is 1. The highest BCUT2D eigenvalue weighted by Crippen LogP contribution is 2.17. The second-order valence-electron chi connectivity index (χ2n) is 5.94. The minimum atomic E-state index is -0.331.